The molecule has 0 spiro atoms. The number of benzene rings is 3. The van der Waals surface area contributed by atoms with Crippen LogP contribution in [0.15, 0.2) is 97.2 Å². The van der Waals surface area contributed by atoms with Crippen molar-refractivity contribution in [2.24, 2.45) is 11.8 Å². The molecule has 1 fully saturated rings. The molecule has 10 nitrogen and oxygen atoms in total. The van der Waals surface area contributed by atoms with Gasteiger partial charge in [0.15, 0.2) is 5.60 Å². The fourth-order valence-corrected chi connectivity index (χ4v) is 6.59. The zero-order chi connectivity index (χ0) is 32.8. The van der Waals surface area contributed by atoms with Crippen LogP contribution in [0.25, 0.3) is 0 Å². The fraction of sp³-hybridized carbons (Fsp3) is 0.351. The van der Waals surface area contributed by atoms with Gasteiger partial charge in [-0.05, 0) is 55.1 Å². The number of anilines is 2. The first-order chi connectivity index (χ1) is 22.9. The van der Waals surface area contributed by atoms with Gasteiger partial charge in [-0.15, -0.1) is 5.10 Å². The van der Waals surface area contributed by atoms with Crippen molar-refractivity contribution in [3.63, 3.8) is 0 Å². The SMILES string of the molecule is C[C@@H](/C=C/CCn1cc(C(CO)c2ccccc2)nn1)[C@]1(O)C(=O)N(Cc2cccc(NC(=O)C3CCCNC3)c2)c2ccccc21. The lowest BCUT2D eigenvalue weighted by Gasteiger charge is -2.27. The summed E-state index contributed by atoms with van der Waals surface area (Å²) in [6.07, 6.45) is 8.15. The van der Waals surface area contributed by atoms with Gasteiger partial charge in [0.1, 0.15) is 0 Å². The van der Waals surface area contributed by atoms with Gasteiger partial charge in [-0.2, -0.15) is 0 Å². The molecule has 47 heavy (non-hydrogen) atoms. The molecular formula is C37H42N6O4. The highest BCUT2D eigenvalue weighted by Gasteiger charge is 2.52. The van der Waals surface area contributed by atoms with Crippen LogP contribution in [-0.4, -0.2) is 56.7 Å². The number of para-hydroxylation sites is 1. The second kappa shape index (κ2) is 14.4. The number of aryl methyl sites for hydroxylation is 1. The van der Waals surface area contributed by atoms with E-state index in [0.29, 0.717) is 42.1 Å². The third-order valence-electron chi connectivity index (χ3n) is 9.29. The summed E-state index contributed by atoms with van der Waals surface area (Å²) in [5.74, 6) is -1.19. The number of aromatic nitrogens is 3. The number of nitrogens with zero attached hydrogens (tertiary/aromatic N) is 4. The molecule has 0 saturated carbocycles. The Bertz CT molecular complexity index is 1720. The molecule has 6 rings (SSSR count). The summed E-state index contributed by atoms with van der Waals surface area (Å²) < 4.78 is 1.74. The Kier molecular flexibility index (Phi) is 9.91. The lowest BCUT2D eigenvalue weighted by Crippen LogP contribution is -2.44. The number of carbonyl (C=O) groups excluding carboxylic acids is 2. The van der Waals surface area contributed by atoms with E-state index in [1.54, 1.807) is 9.58 Å². The van der Waals surface area contributed by atoms with Gasteiger partial charge in [0.25, 0.3) is 5.91 Å². The van der Waals surface area contributed by atoms with Crippen LogP contribution in [0.2, 0.25) is 0 Å². The highest BCUT2D eigenvalue weighted by Crippen LogP contribution is 2.45. The normalized spacial score (nSPS) is 20.7. The van der Waals surface area contributed by atoms with Crippen LogP contribution >= 0.6 is 0 Å². The molecule has 1 saturated heterocycles. The zero-order valence-corrected chi connectivity index (χ0v) is 26.6. The molecule has 1 aromatic heterocycles. The van der Waals surface area contributed by atoms with E-state index in [2.05, 4.69) is 20.9 Å². The average Bonchev–Trinajstić information content (AvgIpc) is 3.65. The van der Waals surface area contributed by atoms with Gasteiger partial charge in [0, 0.05) is 36.5 Å². The number of carbonyl (C=O) groups is 2. The molecule has 3 aromatic carbocycles. The first kappa shape index (κ1) is 32.3. The number of fused-ring (bicyclic) bond motifs is 1. The monoisotopic (exact) mass is 634 g/mol. The predicted octanol–water partition coefficient (Wildman–Crippen LogP) is 4.36. The van der Waals surface area contributed by atoms with Gasteiger partial charge in [-0.25, -0.2) is 0 Å². The molecule has 3 heterocycles. The van der Waals surface area contributed by atoms with E-state index in [0.717, 1.165) is 30.5 Å². The Morgan fingerprint density at radius 2 is 1.94 bits per heavy atom. The standard InChI is InChI=1S/C37H42N6O4/c1-26(11-7-8-20-42-24-33(40-41-42)31(25-44)28-13-3-2-4-14-28)37(47)32-17-5-6-18-34(32)43(36(37)46)23-27-12-9-16-30(21-27)39-35(45)29-15-10-19-38-22-29/h2-7,9,11-14,16-18,21,24,26,29,31,38,44,47H,8,10,15,19-20,22-23,25H2,1H3,(H,39,45)/b11-7+/t26-,29?,31?,37+/m0/s1. The highest BCUT2D eigenvalue weighted by atomic mass is 16.3. The topological polar surface area (TPSA) is 133 Å². The summed E-state index contributed by atoms with van der Waals surface area (Å²) >= 11 is 0. The molecular weight excluding hydrogens is 592 g/mol. The van der Waals surface area contributed by atoms with Crippen molar-refractivity contribution in [3.8, 4) is 0 Å². The van der Waals surface area contributed by atoms with E-state index in [-0.39, 0.29) is 36.8 Å². The van der Waals surface area contributed by atoms with E-state index in [9.17, 15) is 19.8 Å². The van der Waals surface area contributed by atoms with Crippen molar-refractivity contribution in [2.75, 3.05) is 29.9 Å². The first-order valence-corrected chi connectivity index (χ1v) is 16.4. The van der Waals surface area contributed by atoms with Gasteiger partial charge in [0.05, 0.1) is 36.4 Å². The summed E-state index contributed by atoms with van der Waals surface area (Å²) in [6.45, 7) is 4.22. The minimum atomic E-state index is -1.72. The predicted molar refractivity (Wildman–Crippen MR) is 181 cm³/mol. The summed E-state index contributed by atoms with van der Waals surface area (Å²) in [4.78, 5) is 28.4. The molecule has 0 aliphatic carbocycles. The van der Waals surface area contributed by atoms with E-state index >= 15 is 0 Å². The third kappa shape index (κ3) is 6.90. The molecule has 2 amide bonds. The summed E-state index contributed by atoms with van der Waals surface area (Å²) in [6, 6.07) is 24.7. The molecule has 4 N–H and O–H groups in total. The molecule has 2 aliphatic heterocycles. The molecule has 2 unspecified atom stereocenters. The minimum Gasteiger partial charge on any atom is -0.395 e. The lowest BCUT2D eigenvalue weighted by atomic mass is 9.83. The van der Waals surface area contributed by atoms with Crippen LogP contribution in [0.1, 0.15) is 54.5 Å². The highest BCUT2D eigenvalue weighted by molar-refractivity contribution is 6.07. The van der Waals surface area contributed by atoms with E-state index in [1.807, 2.05) is 104 Å². The zero-order valence-electron chi connectivity index (χ0n) is 26.6. The number of aliphatic hydroxyl groups is 2. The number of nitrogens with one attached hydrogen (secondary N) is 2. The van der Waals surface area contributed by atoms with Gasteiger partial charge >= 0.3 is 0 Å². The summed E-state index contributed by atoms with van der Waals surface area (Å²) in [7, 11) is 0. The number of rotatable bonds is 12. The number of hydrogen-bond donors (Lipinski definition) is 4. The maximum absolute atomic E-state index is 14.0. The molecule has 2 aliphatic rings. The Morgan fingerprint density at radius 1 is 1.13 bits per heavy atom. The van der Waals surface area contributed by atoms with Crippen LogP contribution in [0.3, 0.4) is 0 Å². The van der Waals surface area contributed by atoms with E-state index in [1.165, 1.54) is 0 Å². The number of aliphatic hydroxyl groups excluding tert-OH is 1. The average molecular weight is 635 g/mol. The van der Waals surface area contributed by atoms with Crippen molar-refractivity contribution in [1.29, 1.82) is 0 Å². The molecule has 244 valence electrons. The second-order valence-electron chi connectivity index (χ2n) is 12.5. The second-order valence-corrected chi connectivity index (χ2v) is 12.5. The van der Waals surface area contributed by atoms with Crippen LogP contribution in [0, 0.1) is 11.8 Å². The first-order valence-electron chi connectivity index (χ1n) is 16.4. The molecule has 0 bridgehead atoms. The minimum absolute atomic E-state index is 0.00210. The number of piperidine rings is 1. The molecule has 4 atom stereocenters. The third-order valence-corrected chi connectivity index (χ3v) is 9.29. The van der Waals surface area contributed by atoms with E-state index in [4.69, 9.17) is 0 Å². The summed E-state index contributed by atoms with van der Waals surface area (Å²) in [5, 5.41) is 36.8. The maximum Gasteiger partial charge on any atom is 0.264 e. The van der Waals surface area contributed by atoms with Crippen LogP contribution in [0.4, 0.5) is 11.4 Å². The number of hydrogen-bond acceptors (Lipinski definition) is 7. The fourth-order valence-electron chi connectivity index (χ4n) is 6.59. The van der Waals surface area contributed by atoms with Crippen LogP contribution < -0.4 is 15.5 Å². The quantitative estimate of drug-likeness (QED) is 0.170. The molecule has 10 heteroatoms. The van der Waals surface area contributed by atoms with Crippen LogP contribution in [0.5, 0.6) is 0 Å². The van der Waals surface area contributed by atoms with Crippen molar-refractivity contribution in [2.45, 2.75) is 50.8 Å². The smallest absolute Gasteiger partial charge is 0.264 e. The van der Waals surface area contributed by atoms with Crippen molar-refractivity contribution >= 4 is 23.2 Å². The Labute approximate surface area is 275 Å². The van der Waals surface area contributed by atoms with Gasteiger partial charge < -0.3 is 25.7 Å². The lowest BCUT2D eigenvalue weighted by molar-refractivity contribution is -0.139. The molecule has 0 radical (unpaired) electrons. The Hall–Kier alpha value is -4.64. The van der Waals surface area contributed by atoms with Crippen molar-refractivity contribution in [3.05, 3.63) is 120 Å². The number of allylic oxidation sites excluding steroid dienone is 1. The largest absolute Gasteiger partial charge is 0.395 e. The van der Waals surface area contributed by atoms with Crippen LogP contribution in [-0.2, 0) is 28.3 Å². The van der Waals surface area contributed by atoms with Gasteiger partial charge in [0.2, 0.25) is 5.91 Å². The maximum atomic E-state index is 14.0. The molecule has 4 aromatic rings. The van der Waals surface area contributed by atoms with Gasteiger partial charge in [-0.3, -0.25) is 14.3 Å². The van der Waals surface area contributed by atoms with Gasteiger partial charge in [-0.1, -0.05) is 85.0 Å². The van der Waals surface area contributed by atoms with Crippen molar-refractivity contribution < 1.29 is 19.8 Å². The Balaban J connectivity index is 1.11. The van der Waals surface area contributed by atoms with Crippen molar-refractivity contribution in [1.82, 2.24) is 20.3 Å². The summed E-state index contributed by atoms with van der Waals surface area (Å²) in [5.41, 5.74) is 2.75. The Morgan fingerprint density at radius 3 is 2.72 bits per heavy atom. The number of amides is 2. The van der Waals surface area contributed by atoms with E-state index < -0.39 is 11.5 Å².